The van der Waals surface area contributed by atoms with Gasteiger partial charge in [0.15, 0.2) is 0 Å². The molecule has 0 rings (SSSR count). The third kappa shape index (κ3) is 16.4. The zero-order valence-corrected chi connectivity index (χ0v) is 12.4. The van der Waals surface area contributed by atoms with E-state index in [1.165, 1.54) is 0 Å². The number of carbonyl (C=O) groups excluding carboxylic acids is 1. The van der Waals surface area contributed by atoms with E-state index in [1.54, 1.807) is 0 Å². The summed E-state index contributed by atoms with van der Waals surface area (Å²) in [4.78, 5) is 13.2. The second kappa shape index (κ2) is 10.1. The fraction of sp³-hybridized carbons (Fsp3) is 0.900. The first kappa shape index (κ1) is 21.3. The first-order valence-electron chi connectivity index (χ1n) is 4.92. The quantitative estimate of drug-likeness (QED) is 0.400. The van der Waals surface area contributed by atoms with Gasteiger partial charge in [-0.05, 0) is 14.1 Å². The Morgan fingerprint density at radius 1 is 1.25 bits per heavy atom. The summed E-state index contributed by atoms with van der Waals surface area (Å²) in [5.41, 5.74) is 0. The van der Waals surface area contributed by atoms with Gasteiger partial charge in [0.2, 0.25) is 0 Å². The van der Waals surface area contributed by atoms with Crippen LogP contribution >= 0.6 is 12.4 Å². The van der Waals surface area contributed by atoms with Crippen LogP contribution in [0.2, 0.25) is 0 Å². The number of likely N-dealkylation sites (N-methyl/N-ethyl adjacent to an activating group) is 1. The predicted octanol–water partition coefficient (Wildman–Crippen LogP) is -2.39. The van der Waals surface area contributed by atoms with Crippen LogP contribution in [0.25, 0.3) is 0 Å². The molecule has 0 saturated carbocycles. The number of carbonyl (C=O) groups is 1. The lowest BCUT2D eigenvalue weighted by atomic mass is 10.4. The average Bonchev–Trinajstić information content (AvgIpc) is 1.98. The predicted molar refractivity (Wildman–Crippen MR) is 64.3 cm³/mol. The third-order valence-corrected chi connectivity index (χ3v) is 1.79. The van der Waals surface area contributed by atoms with Crippen LogP contribution in [0.4, 0.5) is 0 Å². The van der Waals surface area contributed by atoms with E-state index >= 15 is 0 Å². The molecule has 0 aliphatic carbocycles. The van der Waals surface area contributed by atoms with Crippen LogP contribution in [0, 0.1) is 0 Å². The smallest absolute Gasteiger partial charge is 0.307 e. The van der Waals surface area contributed by atoms with Gasteiger partial charge < -0.3 is 26.5 Å². The molecule has 0 unspecified atom stereocenters. The van der Waals surface area contributed by atoms with Crippen LogP contribution in [-0.2, 0) is 9.53 Å². The summed E-state index contributed by atoms with van der Waals surface area (Å²) >= 11 is 0. The van der Waals surface area contributed by atoms with Gasteiger partial charge in [0.1, 0.15) is 13.2 Å². The minimum Gasteiger partial charge on any atom is -1.00 e. The summed E-state index contributed by atoms with van der Waals surface area (Å²) in [5, 5.41) is 0. The van der Waals surface area contributed by atoms with Crippen molar-refractivity contribution >= 4 is 18.4 Å². The van der Waals surface area contributed by atoms with E-state index in [2.05, 4.69) is 21.1 Å². The summed E-state index contributed by atoms with van der Waals surface area (Å²) in [6.45, 7) is 2.12. The van der Waals surface area contributed by atoms with Crippen LogP contribution in [-0.4, -0.2) is 70.3 Å². The molecule has 0 N–H and O–H groups in total. The van der Waals surface area contributed by atoms with E-state index in [0.29, 0.717) is 13.0 Å². The van der Waals surface area contributed by atoms with Crippen molar-refractivity contribution in [1.29, 1.82) is 0 Å². The molecule has 0 amide bonds. The van der Waals surface area contributed by atoms with Gasteiger partial charge in [-0.1, -0.05) is 0 Å². The maximum Gasteiger partial charge on any atom is 0.307 e. The van der Waals surface area contributed by atoms with E-state index in [9.17, 15) is 4.79 Å². The van der Waals surface area contributed by atoms with Crippen LogP contribution in [0.5, 0.6) is 0 Å². The molecule has 0 heterocycles. The van der Waals surface area contributed by atoms with Gasteiger partial charge in [0.25, 0.3) is 0 Å². The van der Waals surface area contributed by atoms with Crippen molar-refractivity contribution in [3.63, 3.8) is 0 Å². The third-order valence-electron chi connectivity index (χ3n) is 1.79. The van der Waals surface area contributed by atoms with Gasteiger partial charge in [-0.3, -0.25) is 4.79 Å². The Labute approximate surface area is 111 Å². The molecule has 0 aromatic carbocycles. The van der Waals surface area contributed by atoms with E-state index < -0.39 is 0 Å². The zero-order valence-electron chi connectivity index (χ0n) is 10.8. The van der Waals surface area contributed by atoms with Crippen molar-refractivity contribution in [2.45, 2.75) is 6.42 Å². The summed E-state index contributed by atoms with van der Waals surface area (Å²) in [6.07, 6.45) is 0.476. The highest BCUT2D eigenvalue weighted by Gasteiger charge is 2.09. The highest BCUT2D eigenvalue weighted by molar-refractivity contribution is 5.85. The van der Waals surface area contributed by atoms with Crippen LogP contribution < -0.4 is 12.4 Å². The SMILES string of the molecule is CN(C)CCC(=O)OCC[N+](C)(C)C.Cl.[Cl-]. The molecule has 0 saturated heterocycles. The van der Waals surface area contributed by atoms with Crippen molar-refractivity contribution < 1.29 is 26.4 Å². The first-order chi connectivity index (χ1) is 6.31. The second-order valence-corrected chi connectivity index (χ2v) is 4.79. The summed E-state index contributed by atoms with van der Waals surface area (Å²) < 4.78 is 5.91. The van der Waals surface area contributed by atoms with Gasteiger partial charge in [0.05, 0.1) is 27.6 Å². The van der Waals surface area contributed by atoms with Crippen molar-refractivity contribution in [2.24, 2.45) is 0 Å². The molecule has 0 radical (unpaired) electrons. The molecule has 0 aliphatic heterocycles. The Bertz CT molecular complexity index is 182. The molecule has 16 heavy (non-hydrogen) atoms. The molecule has 0 fully saturated rings. The molecule has 4 nitrogen and oxygen atoms in total. The lowest BCUT2D eigenvalue weighted by molar-refractivity contribution is -0.870. The number of quaternary nitrogens is 1. The molecule has 0 aliphatic rings. The highest BCUT2D eigenvalue weighted by atomic mass is 35.5. The largest absolute Gasteiger partial charge is 1.00 e. The number of hydrogen-bond donors (Lipinski definition) is 0. The van der Waals surface area contributed by atoms with Crippen LogP contribution in [0.1, 0.15) is 6.42 Å². The van der Waals surface area contributed by atoms with Gasteiger partial charge in [-0.2, -0.15) is 0 Å². The van der Waals surface area contributed by atoms with Gasteiger partial charge in [-0.25, -0.2) is 0 Å². The molecule has 100 valence electrons. The lowest BCUT2D eigenvalue weighted by Crippen LogP contribution is -3.00. The van der Waals surface area contributed by atoms with E-state index in [0.717, 1.165) is 17.6 Å². The number of rotatable bonds is 6. The van der Waals surface area contributed by atoms with Crippen LogP contribution in [0.3, 0.4) is 0 Å². The number of halogens is 2. The van der Waals surface area contributed by atoms with Crippen LogP contribution in [0.15, 0.2) is 0 Å². The monoisotopic (exact) mass is 274 g/mol. The van der Waals surface area contributed by atoms with E-state index in [-0.39, 0.29) is 30.8 Å². The molecule has 0 atom stereocenters. The van der Waals surface area contributed by atoms with Crippen molar-refractivity contribution in [3.05, 3.63) is 0 Å². The lowest BCUT2D eigenvalue weighted by Gasteiger charge is -2.23. The average molecular weight is 275 g/mol. The first-order valence-corrected chi connectivity index (χ1v) is 4.92. The Balaban J connectivity index is -0.000000845. The normalized spacial score (nSPS) is 10.4. The highest BCUT2D eigenvalue weighted by Crippen LogP contribution is 1.92. The van der Waals surface area contributed by atoms with Crippen molar-refractivity contribution in [2.75, 3.05) is 54.9 Å². The number of nitrogens with zero attached hydrogens (tertiary/aromatic N) is 2. The maximum absolute atomic E-state index is 11.2. The Kier molecular flexibility index (Phi) is 13.5. The Hall–Kier alpha value is -0.0300. The molecule has 6 heteroatoms. The molecule has 0 bridgehead atoms. The molecule has 0 aromatic heterocycles. The van der Waals surface area contributed by atoms with Crippen molar-refractivity contribution in [1.82, 2.24) is 4.90 Å². The van der Waals surface area contributed by atoms with Gasteiger partial charge >= 0.3 is 5.97 Å². The van der Waals surface area contributed by atoms with Crippen molar-refractivity contribution in [3.8, 4) is 0 Å². The Morgan fingerprint density at radius 2 is 1.75 bits per heavy atom. The second-order valence-electron chi connectivity index (χ2n) is 4.79. The van der Waals surface area contributed by atoms with Gasteiger partial charge in [-0.15, -0.1) is 12.4 Å². The standard InChI is InChI=1S/C10H23N2O2.2ClH/c1-11(2)7-6-10(13)14-9-8-12(3,4)5;;/h6-9H2,1-5H3;2*1H/q+1;;/p-1. The molecular formula is C10H24Cl2N2O2. The minimum absolute atomic E-state index is 0. The molecule has 0 spiro atoms. The van der Waals surface area contributed by atoms with E-state index in [1.807, 2.05) is 19.0 Å². The fourth-order valence-corrected chi connectivity index (χ4v) is 0.820. The topological polar surface area (TPSA) is 29.5 Å². The Morgan fingerprint density at radius 3 is 2.12 bits per heavy atom. The zero-order chi connectivity index (χ0) is 11.2. The summed E-state index contributed by atoms with van der Waals surface area (Å²) in [6, 6.07) is 0. The minimum atomic E-state index is -0.104. The van der Waals surface area contributed by atoms with E-state index in [4.69, 9.17) is 4.74 Å². The number of hydrogen-bond acceptors (Lipinski definition) is 3. The summed E-state index contributed by atoms with van der Waals surface area (Å²) in [5.74, 6) is -0.104. The number of ether oxygens (including phenoxy) is 1. The fourth-order valence-electron chi connectivity index (χ4n) is 0.820. The van der Waals surface area contributed by atoms with Gasteiger partial charge in [0, 0.05) is 6.54 Å². The molecule has 0 aromatic rings. The molecular weight excluding hydrogens is 251 g/mol. The maximum atomic E-state index is 11.2. The number of esters is 1. The summed E-state index contributed by atoms with van der Waals surface area (Å²) in [7, 11) is 10.1.